The predicted molar refractivity (Wildman–Crippen MR) is 135 cm³/mol. The van der Waals surface area contributed by atoms with Crippen molar-refractivity contribution in [3.8, 4) is 0 Å². The summed E-state index contributed by atoms with van der Waals surface area (Å²) >= 11 is 6.66. The van der Waals surface area contributed by atoms with Crippen LogP contribution < -0.4 is 4.90 Å². The number of allylic oxidation sites excluding steroid dienone is 3. The highest BCUT2D eigenvalue weighted by atomic mass is 35.5. The average Bonchev–Trinajstić information content (AvgIpc) is 3.31. The molecule has 8 heteroatoms. The first-order valence-corrected chi connectivity index (χ1v) is 11.9. The van der Waals surface area contributed by atoms with Crippen molar-refractivity contribution in [2.24, 2.45) is 5.92 Å². The number of carbonyl (C=O) groups is 3. The number of hydrogen-bond donors (Lipinski definition) is 0. The molecule has 3 rings (SSSR count). The number of carbonyl (C=O) groups excluding carboxylic acids is 3. The molecule has 1 aromatic carbocycles. The van der Waals surface area contributed by atoms with E-state index in [0.717, 1.165) is 37.2 Å². The van der Waals surface area contributed by atoms with Crippen LogP contribution in [-0.4, -0.2) is 72.7 Å². The van der Waals surface area contributed by atoms with E-state index < -0.39 is 5.92 Å². The molecule has 1 fully saturated rings. The Morgan fingerprint density at radius 1 is 1.18 bits per heavy atom. The Morgan fingerprint density at radius 2 is 1.85 bits per heavy atom. The Morgan fingerprint density at radius 3 is 2.50 bits per heavy atom. The Kier molecular flexibility index (Phi) is 8.56. The quantitative estimate of drug-likeness (QED) is 0.556. The predicted octanol–water partition coefficient (Wildman–Crippen LogP) is 3.37. The number of halogens is 1. The van der Waals surface area contributed by atoms with Crippen LogP contribution in [0.1, 0.15) is 25.3 Å². The highest BCUT2D eigenvalue weighted by Gasteiger charge is 2.33. The third-order valence-corrected chi connectivity index (χ3v) is 6.65. The maximum absolute atomic E-state index is 13.6. The van der Waals surface area contributed by atoms with Gasteiger partial charge in [-0.15, -0.1) is 0 Å². The average molecular weight is 485 g/mol. The number of likely N-dealkylation sites (N-methyl/N-ethyl adjacent to an activating group) is 1. The summed E-state index contributed by atoms with van der Waals surface area (Å²) in [5.41, 5.74) is 2.40. The fourth-order valence-electron chi connectivity index (χ4n) is 4.13. The van der Waals surface area contributed by atoms with Gasteiger partial charge < -0.3 is 19.6 Å². The van der Waals surface area contributed by atoms with Gasteiger partial charge in [-0.1, -0.05) is 42.5 Å². The molecule has 1 unspecified atom stereocenters. The Bertz CT molecular complexity index is 1010. The second kappa shape index (κ2) is 11.4. The van der Waals surface area contributed by atoms with Crippen LogP contribution in [-0.2, 0) is 20.9 Å². The molecule has 0 bridgehead atoms. The molecule has 0 N–H and O–H groups in total. The van der Waals surface area contributed by atoms with Crippen LogP contribution in [0, 0.1) is 5.92 Å². The van der Waals surface area contributed by atoms with Gasteiger partial charge in [-0.3, -0.25) is 14.4 Å². The molecule has 0 aromatic heterocycles. The van der Waals surface area contributed by atoms with Crippen molar-refractivity contribution < 1.29 is 14.4 Å². The number of anilines is 1. The summed E-state index contributed by atoms with van der Waals surface area (Å²) in [5, 5.41) is 0.402. The molecule has 1 atom stereocenters. The van der Waals surface area contributed by atoms with Crippen LogP contribution in [0.15, 0.2) is 59.8 Å². The van der Waals surface area contributed by atoms with E-state index in [9.17, 15) is 14.4 Å². The summed E-state index contributed by atoms with van der Waals surface area (Å²) in [6.07, 6.45) is 7.68. The van der Waals surface area contributed by atoms with Gasteiger partial charge in [-0.25, -0.2) is 0 Å². The van der Waals surface area contributed by atoms with E-state index in [2.05, 4.69) is 11.5 Å². The van der Waals surface area contributed by atoms with Gasteiger partial charge >= 0.3 is 0 Å². The lowest BCUT2D eigenvalue weighted by atomic mass is 10.1. The number of para-hydroxylation sites is 1. The van der Waals surface area contributed by atoms with E-state index in [4.69, 9.17) is 11.6 Å². The topological polar surface area (TPSA) is 64.2 Å². The van der Waals surface area contributed by atoms with E-state index in [1.807, 2.05) is 36.4 Å². The van der Waals surface area contributed by atoms with Crippen LogP contribution in [0.2, 0.25) is 0 Å². The lowest BCUT2D eigenvalue weighted by Crippen LogP contribution is -2.45. The van der Waals surface area contributed by atoms with Gasteiger partial charge in [0.1, 0.15) is 13.1 Å². The summed E-state index contributed by atoms with van der Waals surface area (Å²) < 4.78 is 0. The first kappa shape index (κ1) is 25.6. The fourth-order valence-corrected chi connectivity index (χ4v) is 4.33. The third kappa shape index (κ3) is 5.89. The molecule has 0 saturated carbocycles. The van der Waals surface area contributed by atoms with E-state index in [0.29, 0.717) is 10.7 Å². The minimum atomic E-state index is -0.645. The number of amides is 3. The summed E-state index contributed by atoms with van der Waals surface area (Å²) in [6, 6.07) is 7.41. The van der Waals surface area contributed by atoms with Crippen molar-refractivity contribution in [3.63, 3.8) is 0 Å². The molecule has 2 aliphatic heterocycles. The van der Waals surface area contributed by atoms with Crippen molar-refractivity contribution in [3.05, 3.63) is 65.4 Å². The molecule has 2 aliphatic rings. The zero-order valence-corrected chi connectivity index (χ0v) is 20.9. The van der Waals surface area contributed by atoms with Crippen molar-refractivity contribution >= 4 is 35.0 Å². The van der Waals surface area contributed by atoms with Crippen molar-refractivity contribution in [1.29, 1.82) is 0 Å². The molecular weight excluding hydrogens is 452 g/mol. The molecule has 1 aromatic rings. The van der Waals surface area contributed by atoms with Gasteiger partial charge in [0.05, 0.1) is 5.92 Å². The Balaban J connectivity index is 1.86. The van der Waals surface area contributed by atoms with Crippen LogP contribution in [0.4, 0.5) is 5.69 Å². The summed E-state index contributed by atoms with van der Waals surface area (Å²) in [6.45, 7) is 7.51. The zero-order chi connectivity index (χ0) is 24.8. The van der Waals surface area contributed by atoms with E-state index in [1.54, 1.807) is 27.1 Å². The first-order chi connectivity index (χ1) is 16.2. The van der Waals surface area contributed by atoms with Crippen molar-refractivity contribution in [2.75, 3.05) is 45.2 Å². The van der Waals surface area contributed by atoms with Crippen LogP contribution >= 0.6 is 11.6 Å². The maximum atomic E-state index is 13.6. The second-order valence-electron chi connectivity index (χ2n) is 8.86. The van der Waals surface area contributed by atoms with Crippen molar-refractivity contribution in [2.45, 2.75) is 26.3 Å². The number of rotatable bonds is 7. The Hall–Kier alpha value is -3.06. The number of likely N-dealkylation sites (tertiary alicyclic amines) is 1. The molecule has 1 saturated heterocycles. The molecule has 0 radical (unpaired) electrons. The standard InChI is InChI=1S/C26H33ClN4O3/c1-5-10-21(29-13-8-9-14-29)15-22(27)19(2)26(34)31-18-25(33)30(17-24(32)28(3)4)16-20-11-6-7-12-23(20)31/h5-7,10-12,15,19H,1,8-9,13-14,16-18H2,2-4H3/b21-10+,22-15+. The minimum Gasteiger partial charge on any atom is -0.372 e. The summed E-state index contributed by atoms with van der Waals surface area (Å²) in [5.74, 6) is -1.36. The molecule has 34 heavy (non-hydrogen) atoms. The van der Waals surface area contributed by atoms with E-state index >= 15 is 0 Å². The van der Waals surface area contributed by atoms with Gasteiger partial charge in [0.25, 0.3) is 0 Å². The highest BCUT2D eigenvalue weighted by molar-refractivity contribution is 6.32. The molecule has 7 nitrogen and oxygen atoms in total. The molecule has 3 amide bonds. The zero-order valence-electron chi connectivity index (χ0n) is 20.2. The molecule has 2 heterocycles. The minimum absolute atomic E-state index is 0.0377. The van der Waals surface area contributed by atoms with Gasteiger partial charge in [-0.2, -0.15) is 0 Å². The molecule has 0 aliphatic carbocycles. The lowest BCUT2D eigenvalue weighted by molar-refractivity contribution is -0.139. The van der Waals surface area contributed by atoms with E-state index in [1.165, 1.54) is 14.7 Å². The second-order valence-corrected chi connectivity index (χ2v) is 9.30. The fraction of sp³-hybridized carbons (Fsp3) is 0.423. The monoisotopic (exact) mass is 484 g/mol. The highest BCUT2D eigenvalue weighted by Crippen LogP contribution is 2.30. The van der Waals surface area contributed by atoms with Crippen LogP contribution in [0.25, 0.3) is 0 Å². The van der Waals surface area contributed by atoms with Gasteiger partial charge in [0, 0.05) is 50.1 Å². The number of benzene rings is 1. The molecule has 182 valence electrons. The SMILES string of the molecule is C=C/C=C(\C=C(\Cl)C(C)C(=O)N1CC(=O)N(CC(=O)N(C)C)Cc2ccccc21)N1CCCC1. The first-order valence-electron chi connectivity index (χ1n) is 11.5. The number of fused-ring (bicyclic) bond motifs is 1. The lowest BCUT2D eigenvalue weighted by Gasteiger charge is -2.26. The van der Waals surface area contributed by atoms with Crippen LogP contribution in [0.3, 0.4) is 0 Å². The van der Waals surface area contributed by atoms with Crippen molar-refractivity contribution in [1.82, 2.24) is 14.7 Å². The molecular formula is C26H33ClN4O3. The number of nitrogens with zero attached hydrogens (tertiary/aromatic N) is 4. The molecule has 0 spiro atoms. The normalized spacial score (nSPS) is 17.9. The summed E-state index contributed by atoms with van der Waals surface area (Å²) in [4.78, 5) is 45.6. The maximum Gasteiger partial charge on any atom is 0.243 e. The van der Waals surface area contributed by atoms with Crippen LogP contribution in [0.5, 0.6) is 0 Å². The third-order valence-electron chi connectivity index (χ3n) is 6.21. The van der Waals surface area contributed by atoms with E-state index in [-0.39, 0.29) is 37.4 Å². The largest absolute Gasteiger partial charge is 0.372 e. The van der Waals surface area contributed by atoms with Gasteiger partial charge in [0.15, 0.2) is 0 Å². The Labute approximate surface area is 206 Å². The summed E-state index contributed by atoms with van der Waals surface area (Å²) in [7, 11) is 3.31. The smallest absolute Gasteiger partial charge is 0.243 e. The van der Waals surface area contributed by atoms with Gasteiger partial charge in [-0.05, 0) is 43.5 Å². The van der Waals surface area contributed by atoms with Gasteiger partial charge in [0.2, 0.25) is 17.7 Å². The number of hydrogen-bond acceptors (Lipinski definition) is 4.